The summed E-state index contributed by atoms with van der Waals surface area (Å²) < 4.78 is 0. The Hall–Kier alpha value is -1.88. The number of aromatic nitrogens is 4. The highest BCUT2D eigenvalue weighted by molar-refractivity contribution is 5.47. The summed E-state index contributed by atoms with van der Waals surface area (Å²) in [7, 11) is 0. The van der Waals surface area contributed by atoms with Crippen LogP contribution >= 0.6 is 0 Å². The van der Waals surface area contributed by atoms with Crippen molar-refractivity contribution in [3.05, 3.63) is 36.0 Å². The van der Waals surface area contributed by atoms with Crippen LogP contribution in [0.2, 0.25) is 0 Å². The second-order valence-corrected chi connectivity index (χ2v) is 4.69. The van der Waals surface area contributed by atoms with Gasteiger partial charge in [-0.05, 0) is 25.8 Å². The molecule has 1 atom stereocenters. The fourth-order valence-electron chi connectivity index (χ4n) is 2.54. The molecule has 0 radical (unpaired) electrons. The highest BCUT2D eigenvalue weighted by atomic mass is 15.0. The van der Waals surface area contributed by atoms with Gasteiger partial charge in [0.25, 0.3) is 0 Å². The molecule has 19 heavy (non-hydrogen) atoms. The summed E-state index contributed by atoms with van der Waals surface area (Å²) in [4.78, 5) is 17.4. The Labute approximate surface area is 112 Å². The molecule has 2 aromatic heterocycles. The molecule has 98 valence electrons. The quantitative estimate of drug-likeness (QED) is 0.907. The van der Waals surface area contributed by atoms with Crippen LogP contribution in [-0.2, 0) is 6.42 Å². The molecule has 1 aliphatic carbocycles. The van der Waals surface area contributed by atoms with Crippen LogP contribution in [0.1, 0.15) is 37.1 Å². The van der Waals surface area contributed by atoms with Crippen LogP contribution in [0.15, 0.2) is 24.8 Å². The molecule has 2 heterocycles. The summed E-state index contributed by atoms with van der Waals surface area (Å²) in [5.74, 6) is 0.670. The van der Waals surface area contributed by atoms with Gasteiger partial charge in [0.15, 0.2) is 5.82 Å². The Bertz CT molecular complexity index is 555. The van der Waals surface area contributed by atoms with Crippen molar-refractivity contribution in [3.63, 3.8) is 0 Å². The Kier molecular flexibility index (Phi) is 3.46. The average Bonchev–Trinajstić information content (AvgIpc) is 2.48. The van der Waals surface area contributed by atoms with Gasteiger partial charge in [-0.3, -0.25) is 4.98 Å². The number of rotatable bonds is 3. The Balaban J connectivity index is 1.96. The number of aryl methyl sites for hydroxylation is 1. The zero-order chi connectivity index (χ0) is 13.1. The summed E-state index contributed by atoms with van der Waals surface area (Å²) >= 11 is 0. The molecule has 0 aliphatic heterocycles. The van der Waals surface area contributed by atoms with E-state index in [9.17, 15) is 0 Å². The van der Waals surface area contributed by atoms with Crippen molar-refractivity contribution in [2.45, 2.75) is 32.2 Å². The van der Waals surface area contributed by atoms with Gasteiger partial charge in [0, 0.05) is 35.9 Å². The van der Waals surface area contributed by atoms with E-state index >= 15 is 0 Å². The zero-order valence-corrected chi connectivity index (χ0v) is 11.0. The number of hydrogen-bond acceptors (Lipinski definition) is 5. The van der Waals surface area contributed by atoms with Gasteiger partial charge in [-0.25, -0.2) is 15.0 Å². The van der Waals surface area contributed by atoms with Crippen LogP contribution in [0.25, 0.3) is 11.5 Å². The van der Waals surface area contributed by atoms with Crippen molar-refractivity contribution in [1.82, 2.24) is 25.3 Å². The van der Waals surface area contributed by atoms with E-state index in [1.54, 1.807) is 18.6 Å². The molecule has 0 saturated heterocycles. The lowest BCUT2D eigenvalue weighted by molar-refractivity contribution is 0.464. The first-order valence-electron chi connectivity index (χ1n) is 6.74. The summed E-state index contributed by atoms with van der Waals surface area (Å²) in [5, 5.41) is 3.49. The van der Waals surface area contributed by atoms with E-state index in [4.69, 9.17) is 0 Å². The minimum absolute atomic E-state index is 0.393. The maximum absolute atomic E-state index is 4.66. The minimum atomic E-state index is 0.393. The number of nitrogens with zero attached hydrogens (tertiary/aromatic N) is 4. The molecule has 1 unspecified atom stereocenters. The predicted molar refractivity (Wildman–Crippen MR) is 72.4 cm³/mol. The third kappa shape index (κ3) is 2.46. The monoisotopic (exact) mass is 255 g/mol. The van der Waals surface area contributed by atoms with Gasteiger partial charge in [-0.15, -0.1) is 0 Å². The lowest BCUT2D eigenvalue weighted by Gasteiger charge is -2.25. The van der Waals surface area contributed by atoms with Gasteiger partial charge in [0.1, 0.15) is 5.69 Å². The Morgan fingerprint density at radius 3 is 3.00 bits per heavy atom. The summed E-state index contributed by atoms with van der Waals surface area (Å²) in [6, 6.07) is 0.393. The molecule has 1 aliphatic rings. The first-order valence-corrected chi connectivity index (χ1v) is 6.74. The molecule has 0 fully saturated rings. The highest BCUT2D eigenvalue weighted by Gasteiger charge is 2.21. The number of hydrogen-bond donors (Lipinski definition) is 1. The summed E-state index contributed by atoms with van der Waals surface area (Å²) in [6.45, 7) is 3.10. The van der Waals surface area contributed by atoms with Crippen molar-refractivity contribution in [1.29, 1.82) is 0 Å². The van der Waals surface area contributed by atoms with Crippen LogP contribution in [0, 0.1) is 0 Å². The van der Waals surface area contributed by atoms with Gasteiger partial charge in [-0.2, -0.15) is 0 Å². The zero-order valence-electron chi connectivity index (χ0n) is 11.0. The van der Waals surface area contributed by atoms with Crippen LogP contribution in [0.3, 0.4) is 0 Å². The lowest BCUT2D eigenvalue weighted by atomic mass is 9.92. The number of nitrogens with one attached hydrogen (secondary N) is 1. The maximum Gasteiger partial charge on any atom is 0.179 e. The molecule has 5 heteroatoms. The van der Waals surface area contributed by atoms with Crippen molar-refractivity contribution in [2.75, 3.05) is 6.54 Å². The highest BCUT2D eigenvalue weighted by Crippen LogP contribution is 2.28. The number of fused-ring (bicyclic) bond motifs is 1. The molecular weight excluding hydrogens is 238 g/mol. The van der Waals surface area contributed by atoms with Crippen LogP contribution in [-0.4, -0.2) is 26.5 Å². The third-order valence-corrected chi connectivity index (χ3v) is 3.42. The molecule has 5 nitrogen and oxygen atoms in total. The smallest absolute Gasteiger partial charge is 0.179 e. The first kappa shape index (κ1) is 12.2. The van der Waals surface area contributed by atoms with Crippen molar-refractivity contribution in [3.8, 4) is 11.5 Å². The molecule has 0 saturated carbocycles. The van der Waals surface area contributed by atoms with E-state index < -0.39 is 0 Å². The van der Waals surface area contributed by atoms with Gasteiger partial charge in [0.05, 0.1) is 6.20 Å². The van der Waals surface area contributed by atoms with E-state index in [0.717, 1.165) is 30.8 Å². The topological polar surface area (TPSA) is 63.6 Å². The SMILES string of the molecule is CCNC1CCCc2nc(-c3cnccn3)ncc21. The molecule has 0 spiro atoms. The fraction of sp³-hybridized carbons (Fsp3) is 0.429. The van der Waals surface area contributed by atoms with Crippen LogP contribution in [0.5, 0.6) is 0 Å². The van der Waals surface area contributed by atoms with E-state index in [-0.39, 0.29) is 0 Å². The van der Waals surface area contributed by atoms with E-state index in [0.29, 0.717) is 11.9 Å². The third-order valence-electron chi connectivity index (χ3n) is 3.42. The first-order chi connectivity index (χ1) is 9.38. The van der Waals surface area contributed by atoms with E-state index in [2.05, 4.69) is 32.2 Å². The second kappa shape index (κ2) is 5.40. The minimum Gasteiger partial charge on any atom is -0.310 e. The largest absolute Gasteiger partial charge is 0.310 e. The van der Waals surface area contributed by atoms with Crippen LogP contribution in [0.4, 0.5) is 0 Å². The second-order valence-electron chi connectivity index (χ2n) is 4.69. The predicted octanol–water partition coefficient (Wildman–Crippen LogP) is 1.92. The van der Waals surface area contributed by atoms with E-state index in [1.165, 1.54) is 12.0 Å². The molecular formula is C14H17N5. The van der Waals surface area contributed by atoms with Gasteiger partial charge >= 0.3 is 0 Å². The molecule has 0 amide bonds. The molecule has 0 aromatic carbocycles. The molecule has 2 aromatic rings. The molecule has 1 N–H and O–H groups in total. The molecule has 0 bridgehead atoms. The normalized spacial score (nSPS) is 18.1. The van der Waals surface area contributed by atoms with Gasteiger partial charge in [0.2, 0.25) is 0 Å². The molecule has 3 rings (SSSR count). The Morgan fingerprint density at radius 1 is 1.26 bits per heavy atom. The van der Waals surface area contributed by atoms with Crippen molar-refractivity contribution >= 4 is 0 Å². The Morgan fingerprint density at radius 2 is 2.21 bits per heavy atom. The standard InChI is InChI=1S/C14H17N5/c1-2-16-11-4-3-5-12-10(11)8-18-14(19-12)13-9-15-6-7-17-13/h6-9,11,16H,2-5H2,1H3. The van der Waals surface area contributed by atoms with Gasteiger partial charge in [-0.1, -0.05) is 6.92 Å². The average molecular weight is 255 g/mol. The fourth-order valence-corrected chi connectivity index (χ4v) is 2.54. The lowest BCUT2D eigenvalue weighted by Crippen LogP contribution is -2.25. The van der Waals surface area contributed by atoms with Gasteiger partial charge < -0.3 is 5.32 Å². The summed E-state index contributed by atoms with van der Waals surface area (Å²) in [6.07, 6.45) is 10.3. The van der Waals surface area contributed by atoms with Crippen molar-refractivity contribution < 1.29 is 0 Å². The van der Waals surface area contributed by atoms with Crippen LogP contribution < -0.4 is 5.32 Å². The van der Waals surface area contributed by atoms with E-state index in [1.807, 2.05) is 6.20 Å². The summed E-state index contributed by atoms with van der Waals surface area (Å²) in [5.41, 5.74) is 3.12. The van der Waals surface area contributed by atoms with Crippen molar-refractivity contribution in [2.24, 2.45) is 0 Å². The maximum atomic E-state index is 4.66.